The number of hydrogen-bond donors (Lipinski definition) is 1. The molecule has 0 saturated carbocycles. The van der Waals surface area contributed by atoms with Crippen molar-refractivity contribution in [3.05, 3.63) is 48.6 Å². The lowest BCUT2D eigenvalue weighted by atomic mass is 10.1. The Morgan fingerprint density at radius 1 is 0.826 bits per heavy atom. The highest BCUT2D eigenvalue weighted by atomic mass is 16.4. The summed E-state index contributed by atoms with van der Waals surface area (Å²) in [6.45, 7) is 2.13. The van der Waals surface area contributed by atoms with E-state index < -0.39 is 5.97 Å². The Balaban J connectivity index is 3.59. The molecule has 0 unspecified atom stereocenters. The highest BCUT2D eigenvalue weighted by molar-refractivity contribution is 5.89. The lowest BCUT2D eigenvalue weighted by molar-refractivity contribution is -0.137. The van der Waals surface area contributed by atoms with Gasteiger partial charge in [-0.3, -0.25) is 9.59 Å². The molecule has 0 spiro atoms. The largest absolute Gasteiger partial charge is 0.481 e. The molecule has 0 aromatic carbocycles. The molecule has 0 amide bonds. The van der Waals surface area contributed by atoms with Crippen molar-refractivity contribution in [2.45, 2.75) is 64.7 Å². The fourth-order valence-corrected chi connectivity index (χ4v) is 1.89. The summed E-state index contributed by atoms with van der Waals surface area (Å²) in [5.74, 6) is -0.534. The second kappa shape index (κ2) is 16.5. The molecule has 0 saturated heterocycles. The highest BCUT2D eigenvalue weighted by Crippen LogP contribution is 2.01. The van der Waals surface area contributed by atoms with E-state index in [2.05, 4.69) is 25.2 Å². The van der Waals surface area contributed by atoms with Gasteiger partial charge < -0.3 is 5.11 Å². The zero-order valence-electron chi connectivity index (χ0n) is 14.2. The average molecular weight is 318 g/mol. The average Bonchev–Trinajstić information content (AvgIpc) is 2.51. The molecule has 23 heavy (non-hydrogen) atoms. The number of hydrogen-bond acceptors (Lipinski definition) is 2. The number of unbranched alkanes of at least 4 members (excludes halogenated alkanes) is 3. The molecule has 0 rings (SSSR count). The summed E-state index contributed by atoms with van der Waals surface area (Å²) in [7, 11) is 0. The smallest absolute Gasteiger partial charge is 0.303 e. The van der Waals surface area contributed by atoms with Crippen molar-refractivity contribution < 1.29 is 14.7 Å². The molecule has 0 bridgehead atoms. The minimum absolute atomic E-state index is 0.201. The molecule has 0 aliphatic carbocycles. The second-order valence-electron chi connectivity index (χ2n) is 5.41. The van der Waals surface area contributed by atoms with Gasteiger partial charge in [-0.05, 0) is 38.2 Å². The van der Waals surface area contributed by atoms with Crippen LogP contribution in [-0.4, -0.2) is 16.9 Å². The molecule has 0 aliphatic rings. The van der Waals surface area contributed by atoms with Crippen LogP contribution < -0.4 is 0 Å². The van der Waals surface area contributed by atoms with Gasteiger partial charge in [0, 0.05) is 12.8 Å². The summed E-state index contributed by atoms with van der Waals surface area (Å²) < 4.78 is 0. The van der Waals surface area contributed by atoms with Crippen molar-refractivity contribution >= 4 is 11.8 Å². The molecule has 0 fully saturated rings. The number of carbonyl (C=O) groups excluding carboxylic acids is 1. The first-order valence-electron chi connectivity index (χ1n) is 8.54. The van der Waals surface area contributed by atoms with Crippen molar-refractivity contribution in [2.75, 3.05) is 0 Å². The number of rotatable bonds is 14. The first-order valence-corrected chi connectivity index (χ1v) is 8.54. The van der Waals surface area contributed by atoms with E-state index in [0.717, 1.165) is 38.5 Å². The Hall–Kier alpha value is -1.90. The van der Waals surface area contributed by atoms with Crippen molar-refractivity contribution in [1.29, 1.82) is 0 Å². The predicted molar refractivity (Wildman–Crippen MR) is 96.4 cm³/mol. The van der Waals surface area contributed by atoms with E-state index in [4.69, 9.17) is 5.11 Å². The molecule has 0 aromatic rings. The van der Waals surface area contributed by atoms with Crippen molar-refractivity contribution in [2.24, 2.45) is 0 Å². The molecule has 3 nitrogen and oxygen atoms in total. The SMILES string of the molecule is CCCCCC(=O)/C=C/C=C\C/C=C/C/C=C/CCCC(=O)O. The van der Waals surface area contributed by atoms with Gasteiger partial charge in [0.05, 0.1) is 0 Å². The third-order valence-corrected chi connectivity index (χ3v) is 3.20. The van der Waals surface area contributed by atoms with Crippen LogP contribution in [0.4, 0.5) is 0 Å². The van der Waals surface area contributed by atoms with E-state index in [0.29, 0.717) is 12.8 Å². The number of aliphatic carboxylic acids is 1. The van der Waals surface area contributed by atoms with E-state index in [1.54, 1.807) is 6.08 Å². The maximum atomic E-state index is 11.5. The molecule has 128 valence electrons. The second-order valence-corrected chi connectivity index (χ2v) is 5.41. The van der Waals surface area contributed by atoms with Crippen LogP contribution in [0.1, 0.15) is 64.7 Å². The number of carbonyl (C=O) groups is 2. The first kappa shape index (κ1) is 21.1. The van der Waals surface area contributed by atoms with Crippen LogP contribution in [0.2, 0.25) is 0 Å². The maximum Gasteiger partial charge on any atom is 0.303 e. The van der Waals surface area contributed by atoms with E-state index in [-0.39, 0.29) is 12.2 Å². The summed E-state index contributed by atoms with van der Waals surface area (Å²) in [4.78, 5) is 21.8. The van der Waals surface area contributed by atoms with Crippen molar-refractivity contribution in [3.8, 4) is 0 Å². The molecule has 0 radical (unpaired) electrons. The molecule has 0 atom stereocenters. The Labute approximate surface area is 140 Å². The van der Waals surface area contributed by atoms with E-state index in [1.165, 1.54) is 0 Å². The molecular formula is C20H30O3. The third-order valence-electron chi connectivity index (χ3n) is 3.20. The minimum Gasteiger partial charge on any atom is -0.481 e. The van der Waals surface area contributed by atoms with Crippen LogP contribution in [0, 0.1) is 0 Å². The predicted octanol–water partition coefficient (Wildman–Crippen LogP) is 5.40. The standard InChI is InChI=1S/C20H30O3/c1-2-3-13-16-19(21)17-14-11-9-7-5-4-6-8-10-12-15-18-20(22)23/h4-5,8-11,14,17H,2-3,6-7,12-13,15-16,18H2,1H3,(H,22,23)/b5-4+,10-8+,11-9-,17-14+. The van der Waals surface area contributed by atoms with Crippen LogP contribution in [0.5, 0.6) is 0 Å². The van der Waals surface area contributed by atoms with Crippen LogP contribution >= 0.6 is 0 Å². The van der Waals surface area contributed by atoms with Gasteiger partial charge in [-0.25, -0.2) is 0 Å². The zero-order chi connectivity index (χ0) is 17.2. The zero-order valence-corrected chi connectivity index (χ0v) is 14.2. The first-order chi connectivity index (χ1) is 11.2. The van der Waals surface area contributed by atoms with Gasteiger partial charge in [0.2, 0.25) is 0 Å². The Morgan fingerprint density at radius 2 is 1.52 bits per heavy atom. The van der Waals surface area contributed by atoms with Crippen molar-refractivity contribution in [1.82, 2.24) is 0 Å². The highest BCUT2D eigenvalue weighted by Gasteiger charge is 1.94. The number of ketones is 1. The van der Waals surface area contributed by atoms with Gasteiger partial charge in [-0.15, -0.1) is 0 Å². The summed E-state index contributed by atoms with van der Waals surface area (Å²) in [5, 5.41) is 8.49. The lowest BCUT2D eigenvalue weighted by Crippen LogP contribution is -1.92. The molecule has 3 heteroatoms. The van der Waals surface area contributed by atoms with Gasteiger partial charge in [-0.1, -0.05) is 62.3 Å². The number of carboxylic acid groups (broad SMARTS) is 1. The monoisotopic (exact) mass is 318 g/mol. The quantitative estimate of drug-likeness (QED) is 0.202. The fourth-order valence-electron chi connectivity index (χ4n) is 1.89. The summed E-state index contributed by atoms with van der Waals surface area (Å²) >= 11 is 0. The molecule has 0 aromatic heterocycles. The maximum absolute atomic E-state index is 11.5. The van der Waals surface area contributed by atoms with Gasteiger partial charge in [0.1, 0.15) is 0 Å². The normalized spacial score (nSPS) is 12.2. The molecule has 1 N–H and O–H groups in total. The topological polar surface area (TPSA) is 54.4 Å². The molecule has 0 aliphatic heterocycles. The summed E-state index contributed by atoms with van der Waals surface area (Å²) in [5.41, 5.74) is 0. The van der Waals surface area contributed by atoms with Crippen LogP contribution in [0.25, 0.3) is 0 Å². The van der Waals surface area contributed by atoms with E-state index >= 15 is 0 Å². The Morgan fingerprint density at radius 3 is 2.22 bits per heavy atom. The van der Waals surface area contributed by atoms with Crippen LogP contribution in [-0.2, 0) is 9.59 Å². The van der Waals surface area contributed by atoms with Gasteiger partial charge in [0.15, 0.2) is 5.78 Å². The van der Waals surface area contributed by atoms with Gasteiger partial charge >= 0.3 is 5.97 Å². The van der Waals surface area contributed by atoms with Crippen molar-refractivity contribution in [3.63, 3.8) is 0 Å². The van der Waals surface area contributed by atoms with Crippen LogP contribution in [0.15, 0.2) is 48.6 Å². The fraction of sp³-hybridized carbons (Fsp3) is 0.500. The van der Waals surface area contributed by atoms with E-state index in [1.807, 2.05) is 24.3 Å². The number of carboxylic acids is 1. The van der Waals surface area contributed by atoms with Gasteiger partial charge in [0.25, 0.3) is 0 Å². The Bertz CT molecular complexity index is 428. The van der Waals surface area contributed by atoms with Gasteiger partial charge in [-0.2, -0.15) is 0 Å². The third kappa shape index (κ3) is 18.1. The number of allylic oxidation sites excluding steroid dienone is 8. The molecular weight excluding hydrogens is 288 g/mol. The summed E-state index contributed by atoms with van der Waals surface area (Å²) in [6, 6.07) is 0. The van der Waals surface area contributed by atoms with E-state index in [9.17, 15) is 9.59 Å². The minimum atomic E-state index is -0.734. The molecule has 0 heterocycles. The lowest BCUT2D eigenvalue weighted by Gasteiger charge is -1.92. The Kier molecular flexibility index (Phi) is 15.1. The summed E-state index contributed by atoms with van der Waals surface area (Å²) in [6.07, 6.45) is 23.0. The van der Waals surface area contributed by atoms with Crippen LogP contribution in [0.3, 0.4) is 0 Å².